The Hall–Kier alpha value is -3.54. The van der Waals surface area contributed by atoms with Gasteiger partial charge in [-0.1, -0.05) is 30.3 Å². The molecule has 1 atom stereocenters. The number of benzene rings is 2. The van der Waals surface area contributed by atoms with Crippen LogP contribution < -0.4 is 14.5 Å². The summed E-state index contributed by atoms with van der Waals surface area (Å²) in [4.78, 5) is 9.85. The van der Waals surface area contributed by atoms with Gasteiger partial charge in [-0.15, -0.1) is 0 Å². The van der Waals surface area contributed by atoms with Crippen LogP contribution in [0, 0.1) is 20.8 Å². The molecular formula is C27H31N5O. The Bertz CT molecular complexity index is 1310. The van der Waals surface area contributed by atoms with Gasteiger partial charge in [0.2, 0.25) is 0 Å². The number of nitrogens with zero attached hydrogens (tertiary/aromatic N) is 5. The summed E-state index contributed by atoms with van der Waals surface area (Å²) in [6.45, 7) is 11.4. The van der Waals surface area contributed by atoms with Gasteiger partial charge in [-0.2, -0.15) is 9.61 Å². The summed E-state index contributed by atoms with van der Waals surface area (Å²) in [5.41, 5.74) is 7.46. The third-order valence-electron chi connectivity index (χ3n) is 6.53. The first-order valence-corrected chi connectivity index (χ1v) is 11.5. The van der Waals surface area contributed by atoms with Crippen LogP contribution in [0.5, 0.6) is 5.75 Å². The summed E-state index contributed by atoms with van der Waals surface area (Å²) in [6.07, 6.45) is 0. The number of aromatic nitrogens is 3. The van der Waals surface area contributed by atoms with E-state index in [0.29, 0.717) is 6.04 Å². The van der Waals surface area contributed by atoms with Crippen LogP contribution in [0.2, 0.25) is 0 Å². The van der Waals surface area contributed by atoms with Gasteiger partial charge in [0, 0.05) is 48.7 Å². The zero-order valence-corrected chi connectivity index (χ0v) is 20.0. The van der Waals surface area contributed by atoms with Crippen molar-refractivity contribution in [1.82, 2.24) is 14.6 Å². The molecule has 0 radical (unpaired) electrons. The molecule has 6 heteroatoms. The maximum absolute atomic E-state index is 5.65. The van der Waals surface area contributed by atoms with Gasteiger partial charge in [0.15, 0.2) is 5.65 Å². The minimum absolute atomic E-state index is 0.384. The van der Waals surface area contributed by atoms with Crippen LogP contribution >= 0.6 is 0 Å². The highest BCUT2D eigenvalue weighted by atomic mass is 16.5. The topological polar surface area (TPSA) is 45.9 Å². The van der Waals surface area contributed by atoms with E-state index in [4.69, 9.17) is 14.8 Å². The summed E-state index contributed by atoms with van der Waals surface area (Å²) < 4.78 is 7.66. The lowest BCUT2D eigenvalue weighted by molar-refractivity contribution is 0.416. The van der Waals surface area contributed by atoms with Crippen molar-refractivity contribution in [2.24, 2.45) is 0 Å². The largest absolute Gasteiger partial charge is 0.496 e. The molecule has 1 aliphatic heterocycles. The molecule has 0 saturated carbocycles. The Labute approximate surface area is 195 Å². The molecule has 0 spiro atoms. The van der Waals surface area contributed by atoms with Crippen LogP contribution in [-0.4, -0.2) is 47.4 Å². The molecule has 2 aromatic heterocycles. The van der Waals surface area contributed by atoms with Crippen LogP contribution in [0.1, 0.15) is 23.9 Å². The number of aryl methyl sites for hydroxylation is 3. The second kappa shape index (κ2) is 8.43. The SMILES string of the molecule is COc1ccccc1-c1c(C)nn2c(N3CCN(c4cccc(C)c4)[C@H](C)C3)cc(C)nc12. The predicted molar refractivity (Wildman–Crippen MR) is 135 cm³/mol. The van der Waals surface area contributed by atoms with E-state index < -0.39 is 0 Å². The summed E-state index contributed by atoms with van der Waals surface area (Å²) in [5.74, 6) is 1.93. The molecule has 0 unspecified atom stereocenters. The molecule has 6 nitrogen and oxygen atoms in total. The normalized spacial score (nSPS) is 16.5. The van der Waals surface area contributed by atoms with E-state index >= 15 is 0 Å². The Morgan fingerprint density at radius 2 is 1.79 bits per heavy atom. The average Bonchev–Trinajstić information content (AvgIpc) is 3.13. The Kier molecular flexibility index (Phi) is 5.44. The van der Waals surface area contributed by atoms with Gasteiger partial charge in [-0.25, -0.2) is 4.98 Å². The molecule has 0 N–H and O–H groups in total. The van der Waals surface area contributed by atoms with Gasteiger partial charge in [-0.3, -0.25) is 0 Å². The molecule has 0 bridgehead atoms. The molecule has 1 saturated heterocycles. The minimum atomic E-state index is 0.384. The maximum atomic E-state index is 5.65. The van der Waals surface area contributed by atoms with Crippen molar-refractivity contribution in [1.29, 1.82) is 0 Å². The molecule has 2 aromatic carbocycles. The van der Waals surface area contributed by atoms with E-state index in [1.165, 1.54) is 11.3 Å². The lowest BCUT2D eigenvalue weighted by atomic mass is 10.1. The smallest absolute Gasteiger partial charge is 0.165 e. The second-order valence-corrected chi connectivity index (χ2v) is 8.98. The average molecular weight is 442 g/mol. The fraction of sp³-hybridized carbons (Fsp3) is 0.333. The van der Waals surface area contributed by atoms with Crippen LogP contribution in [-0.2, 0) is 0 Å². The van der Waals surface area contributed by atoms with Gasteiger partial charge in [0.25, 0.3) is 0 Å². The third kappa shape index (κ3) is 3.80. The van der Waals surface area contributed by atoms with Crippen molar-refractivity contribution < 1.29 is 4.74 Å². The van der Waals surface area contributed by atoms with E-state index in [1.807, 2.05) is 29.6 Å². The third-order valence-corrected chi connectivity index (χ3v) is 6.53. The van der Waals surface area contributed by atoms with Crippen LogP contribution in [0.25, 0.3) is 16.8 Å². The summed E-state index contributed by atoms with van der Waals surface area (Å²) >= 11 is 0. The number of fused-ring (bicyclic) bond motifs is 1. The zero-order valence-electron chi connectivity index (χ0n) is 20.0. The highest BCUT2D eigenvalue weighted by Gasteiger charge is 2.27. The second-order valence-electron chi connectivity index (χ2n) is 8.98. The molecule has 3 heterocycles. The van der Waals surface area contributed by atoms with Gasteiger partial charge in [0.05, 0.1) is 18.4 Å². The molecule has 0 aliphatic carbocycles. The Morgan fingerprint density at radius 3 is 2.55 bits per heavy atom. The molecule has 33 heavy (non-hydrogen) atoms. The van der Waals surface area contributed by atoms with E-state index in [9.17, 15) is 0 Å². The molecule has 5 rings (SSSR count). The molecular weight excluding hydrogens is 410 g/mol. The number of para-hydroxylation sites is 1. The quantitative estimate of drug-likeness (QED) is 0.444. The monoisotopic (exact) mass is 441 g/mol. The zero-order chi connectivity index (χ0) is 23.1. The predicted octanol–water partition coefficient (Wildman–Crippen LogP) is 5.05. The number of ether oxygens (including phenoxy) is 1. The van der Waals surface area contributed by atoms with E-state index in [0.717, 1.165) is 59.4 Å². The molecule has 170 valence electrons. The van der Waals surface area contributed by atoms with E-state index in [1.54, 1.807) is 7.11 Å². The van der Waals surface area contributed by atoms with E-state index in [-0.39, 0.29) is 0 Å². The maximum Gasteiger partial charge on any atom is 0.165 e. The van der Waals surface area contributed by atoms with Crippen LogP contribution in [0.15, 0.2) is 54.6 Å². The highest BCUT2D eigenvalue weighted by molar-refractivity contribution is 5.84. The lowest BCUT2D eigenvalue weighted by Gasteiger charge is -2.42. The Morgan fingerprint density at radius 1 is 0.970 bits per heavy atom. The van der Waals surface area contributed by atoms with Crippen LogP contribution in [0.3, 0.4) is 0 Å². The van der Waals surface area contributed by atoms with Crippen molar-refractivity contribution in [3.8, 4) is 16.9 Å². The summed E-state index contributed by atoms with van der Waals surface area (Å²) in [6, 6.07) is 19.4. The molecule has 1 fully saturated rings. The first-order chi connectivity index (χ1) is 16.0. The standard InChI is InChI=1S/C27H31N5O/c1-18-9-8-10-22(15-18)31-14-13-30(17-20(31)3)25-16-19(2)28-27-26(21(4)29-32(25)27)23-11-6-7-12-24(23)33-5/h6-12,15-16,20H,13-14,17H2,1-5H3/t20-/m1/s1. The number of rotatable bonds is 4. The summed E-state index contributed by atoms with van der Waals surface area (Å²) in [7, 11) is 1.71. The summed E-state index contributed by atoms with van der Waals surface area (Å²) in [5, 5.41) is 4.94. The van der Waals surface area contributed by atoms with Crippen molar-refractivity contribution in [2.75, 3.05) is 36.5 Å². The molecule has 4 aromatic rings. The van der Waals surface area contributed by atoms with Gasteiger partial charge < -0.3 is 14.5 Å². The lowest BCUT2D eigenvalue weighted by Crippen LogP contribution is -2.52. The first-order valence-electron chi connectivity index (χ1n) is 11.5. The minimum Gasteiger partial charge on any atom is -0.496 e. The fourth-order valence-corrected chi connectivity index (χ4v) is 4.97. The Balaban J connectivity index is 1.54. The van der Waals surface area contributed by atoms with Crippen molar-refractivity contribution >= 4 is 17.2 Å². The number of methoxy groups -OCH3 is 1. The van der Waals surface area contributed by atoms with Gasteiger partial charge >= 0.3 is 0 Å². The number of anilines is 2. The number of hydrogen-bond acceptors (Lipinski definition) is 5. The fourth-order valence-electron chi connectivity index (χ4n) is 4.97. The van der Waals surface area contributed by atoms with Crippen LogP contribution in [0.4, 0.5) is 11.5 Å². The number of hydrogen-bond donors (Lipinski definition) is 0. The molecule has 1 aliphatic rings. The van der Waals surface area contributed by atoms with E-state index in [2.05, 4.69) is 67.0 Å². The number of piperazine rings is 1. The van der Waals surface area contributed by atoms with Crippen molar-refractivity contribution in [3.63, 3.8) is 0 Å². The van der Waals surface area contributed by atoms with Gasteiger partial charge in [0.1, 0.15) is 11.6 Å². The highest BCUT2D eigenvalue weighted by Crippen LogP contribution is 2.36. The molecule has 0 amide bonds. The van der Waals surface area contributed by atoms with Crippen molar-refractivity contribution in [2.45, 2.75) is 33.7 Å². The first kappa shape index (κ1) is 21.3. The van der Waals surface area contributed by atoms with Crippen molar-refractivity contribution in [3.05, 3.63) is 71.5 Å². The van der Waals surface area contributed by atoms with Gasteiger partial charge in [-0.05, 0) is 51.5 Å².